The van der Waals surface area contributed by atoms with Crippen molar-refractivity contribution in [3.05, 3.63) is 59.2 Å². The fourth-order valence-corrected chi connectivity index (χ4v) is 3.91. The quantitative estimate of drug-likeness (QED) is 0.428. The minimum absolute atomic E-state index is 0.138. The van der Waals surface area contributed by atoms with Gasteiger partial charge in [0.1, 0.15) is 27.9 Å². The molecular formula is C20H22O8S. The highest BCUT2D eigenvalue weighted by molar-refractivity contribution is 7.98. The maximum atomic E-state index is 11.4. The number of phenolic OH excluding ortho intramolecular Hbond substituents is 2. The molecule has 3 rings (SSSR count). The van der Waals surface area contributed by atoms with Crippen LogP contribution in [-0.2, 0) is 19.3 Å². The molecule has 0 amide bonds. The number of rotatable bonds is 5. The van der Waals surface area contributed by atoms with E-state index >= 15 is 0 Å². The first-order valence-electron chi connectivity index (χ1n) is 8.88. The van der Waals surface area contributed by atoms with Crippen molar-refractivity contribution in [2.75, 3.05) is 19.0 Å². The minimum atomic E-state index is -2.71. The van der Waals surface area contributed by atoms with Crippen LogP contribution >= 0.6 is 0 Å². The molecule has 0 aromatic heterocycles. The maximum absolute atomic E-state index is 11.4. The lowest BCUT2D eigenvalue weighted by atomic mass is 10.1. The van der Waals surface area contributed by atoms with Gasteiger partial charge in [-0.3, -0.25) is 0 Å². The number of ether oxygens (including phenoxy) is 2. The number of benzene rings is 2. The highest BCUT2D eigenvalue weighted by Crippen LogP contribution is 2.38. The Kier molecular flexibility index (Phi) is 7.22. The molecule has 2 N–H and O–H groups in total. The van der Waals surface area contributed by atoms with Crippen LogP contribution in [0.3, 0.4) is 0 Å². The second-order valence-corrected chi connectivity index (χ2v) is 8.28. The number of carbonyl (C=O) groups is 2. The van der Waals surface area contributed by atoms with E-state index in [1.807, 2.05) is 30.3 Å². The summed E-state index contributed by atoms with van der Waals surface area (Å²) in [7, 11) is -2.71. The Morgan fingerprint density at radius 3 is 1.69 bits per heavy atom. The smallest absolute Gasteiger partial charge is 0.342 e. The Bertz CT molecular complexity index is 939. The Hall–Kier alpha value is -3.07. The zero-order chi connectivity index (χ0) is 21.6. The van der Waals surface area contributed by atoms with Gasteiger partial charge in [-0.1, -0.05) is 30.3 Å². The number of carbonyl (C=O) groups excluding carboxylic acids is 2. The topological polar surface area (TPSA) is 127 Å². The van der Waals surface area contributed by atoms with Crippen LogP contribution in [0.15, 0.2) is 42.5 Å². The summed E-state index contributed by atoms with van der Waals surface area (Å²) < 4.78 is 31.1. The summed E-state index contributed by atoms with van der Waals surface area (Å²) in [6, 6.07) is 11.3. The predicted molar refractivity (Wildman–Crippen MR) is 105 cm³/mol. The molecule has 1 atom stereocenters. The molecule has 2 aromatic rings. The molecule has 8 nitrogen and oxygen atoms in total. The second-order valence-electron chi connectivity index (χ2n) is 6.06. The van der Waals surface area contributed by atoms with E-state index in [0.29, 0.717) is 5.75 Å². The Morgan fingerprint density at radius 1 is 0.931 bits per heavy atom. The molecule has 1 saturated heterocycles. The van der Waals surface area contributed by atoms with Crippen molar-refractivity contribution in [1.29, 1.82) is 0 Å². The third-order valence-corrected chi connectivity index (χ3v) is 5.65. The molecule has 0 spiro atoms. The van der Waals surface area contributed by atoms with Gasteiger partial charge in [-0.15, -0.1) is 0 Å². The van der Waals surface area contributed by atoms with Gasteiger partial charge in [0.2, 0.25) is 0 Å². The van der Waals surface area contributed by atoms with Gasteiger partial charge in [0, 0.05) is 0 Å². The third-order valence-electron chi connectivity index (χ3n) is 3.98. The van der Waals surface area contributed by atoms with Gasteiger partial charge in [0.25, 0.3) is 0 Å². The standard InChI is InChI=1S/C12H14O6.C8H8O2S/c1-3-17-11(15)7-5-10(14)8(6-9(7)13)12(16)18-4-2;9-11(10)6-8(11)7-4-2-1-3-5-7/h5-6,13-14H,3-4H2,1-2H3;1-5,8H,6H2. The summed E-state index contributed by atoms with van der Waals surface area (Å²) in [5, 5.41) is 19.0. The summed E-state index contributed by atoms with van der Waals surface area (Å²) in [4.78, 5) is 22.8. The van der Waals surface area contributed by atoms with Crippen LogP contribution in [0.4, 0.5) is 0 Å². The Balaban J connectivity index is 0.000000230. The van der Waals surface area contributed by atoms with Crippen molar-refractivity contribution in [2.24, 2.45) is 0 Å². The van der Waals surface area contributed by atoms with E-state index in [9.17, 15) is 28.2 Å². The lowest BCUT2D eigenvalue weighted by Crippen LogP contribution is -2.08. The van der Waals surface area contributed by atoms with Crippen molar-refractivity contribution < 1.29 is 37.7 Å². The van der Waals surface area contributed by atoms with Gasteiger partial charge >= 0.3 is 11.9 Å². The van der Waals surface area contributed by atoms with Crippen molar-refractivity contribution in [3.63, 3.8) is 0 Å². The molecule has 29 heavy (non-hydrogen) atoms. The van der Waals surface area contributed by atoms with Gasteiger partial charge in [-0.2, -0.15) is 0 Å². The summed E-state index contributed by atoms with van der Waals surface area (Å²) in [6.07, 6.45) is 0. The molecule has 156 valence electrons. The van der Waals surface area contributed by atoms with Crippen molar-refractivity contribution in [1.82, 2.24) is 0 Å². The average Bonchev–Trinajstić information content (AvgIpc) is 3.33. The van der Waals surface area contributed by atoms with E-state index < -0.39 is 33.3 Å². The lowest BCUT2D eigenvalue weighted by Gasteiger charge is -2.08. The Morgan fingerprint density at radius 2 is 1.34 bits per heavy atom. The summed E-state index contributed by atoms with van der Waals surface area (Å²) >= 11 is 0. The number of hydrogen-bond donors (Lipinski definition) is 2. The van der Waals surface area contributed by atoms with Crippen LogP contribution in [-0.4, -0.2) is 49.5 Å². The van der Waals surface area contributed by atoms with Gasteiger partial charge < -0.3 is 19.7 Å². The molecule has 2 aromatic carbocycles. The third kappa shape index (κ3) is 5.71. The van der Waals surface area contributed by atoms with E-state index in [-0.39, 0.29) is 29.6 Å². The molecular weight excluding hydrogens is 400 g/mol. The number of aromatic hydroxyl groups is 2. The van der Waals surface area contributed by atoms with Crippen molar-refractivity contribution in [2.45, 2.75) is 19.1 Å². The molecule has 0 aliphatic carbocycles. The highest BCUT2D eigenvalue weighted by atomic mass is 32.2. The van der Waals surface area contributed by atoms with Crippen LogP contribution in [0.25, 0.3) is 0 Å². The van der Waals surface area contributed by atoms with Crippen LogP contribution < -0.4 is 0 Å². The first-order chi connectivity index (χ1) is 13.7. The average molecular weight is 422 g/mol. The van der Waals surface area contributed by atoms with Crippen LogP contribution in [0, 0.1) is 0 Å². The van der Waals surface area contributed by atoms with E-state index in [2.05, 4.69) is 9.47 Å². The summed E-state index contributed by atoms with van der Waals surface area (Å²) in [5.74, 6) is -2.12. The molecule has 1 aliphatic heterocycles. The summed E-state index contributed by atoms with van der Waals surface area (Å²) in [5.41, 5.74) is 0.511. The van der Waals surface area contributed by atoms with E-state index in [4.69, 9.17) is 0 Å². The normalized spacial score (nSPS) is 16.1. The van der Waals surface area contributed by atoms with Crippen molar-refractivity contribution >= 4 is 21.8 Å². The SMILES string of the molecule is CCOC(=O)c1cc(O)c(C(=O)OCC)cc1O.O=S1(=O)CC1c1ccccc1. The Labute approximate surface area is 168 Å². The molecule has 0 bridgehead atoms. The van der Waals surface area contributed by atoms with Crippen molar-refractivity contribution in [3.8, 4) is 11.5 Å². The van der Waals surface area contributed by atoms with Crippen LogP contribution in [0.2, 0.25) is 0 Å². The fraction of sp³-hybridized carbons (Fsp3) is 0.300. The number of esters is 2. The number of sulfone groups is 1. The van der Waals surface area contributed by atoms with E-state index in [1.165, 1.54) is 0 Å². The largest absolute Gasteiger partial charge is 0.507 e. The zero-order valence-electron chi connectivity index (χ0n) is 16.0. The van der Waals surface area contributed by atoms with E-state index in [1.54, 1.807) is 13.8 Å². The molecule has 9 heteroatoms. The van der Waals surface area contributed by atoms with Gasteiger partial charge in [-0.05, 0) is 31.5 Å². The second kappa shape index (κ2) is 9.42. The van der Waals surface area contributed by atoms with Crippen LogP contribution in [0.5, 0.6) is 11.5 Å². The van der Waals surface area contributed by atoms with Crippen LogP contribution in [0.1, 0.15) is 45.4 Å². The molecule has 1 unspecified atom stereocenters. The molecule has 1 fully saturated rings. The maximum Gasteiger partial charge on any atom is 0.342 e. The molecule has 1 aliphatic rings. The zero-order valence-corrected chi connectivity index (χ0v) is 16.8. The highest BCUT2D eigenvalue weighted by Gasteiger charge is 2.44. The van der Waals surface area contributed by atoms with Gasteiger partial charge in [0.05, 0.1) is 19.0 Å². The van der Waals surface area contributed by atoms with Gasteiger partial charge in [0.15, 0.2) is 9.84 Å². The molecule has 1 heterocycles. The first-order valence-corrected chi connectivity index (χ1v) is 10.6. The predicted octanol–water partition coefficient (Wildman–Crippen LogP) is 2.61. The van der Waals surface area contributed by atoms with Gasteiger partial charge in [-0.25, -0.2) is 18.0 Å². The molecule has 0 radical (unpaired) electrons. The minimum Gasteiger partial charge on any atom is -0.507 e. The van der Waals surface area contributed by atoms with E-state index in [0.717, 1.165) is 17.7 Å². The summed E-state index contributed by atoms with van der Waals surface area (Å²) in [6.45, 7) is 3.50. The molecule has 0 saturated carbocycles. The number of phenols is 2. The fourth-order valence-electron chi connectivity index (χ4n) is 2.46. The first kappa shape index (κ1) is 22.2. The lowest BCUT2D eigenvalue weighted by molar-refractivity contribution is 0.0505. The monoisotopic (exact) mass is 422 g/mol. The number of hydrogen-bond acceptors (Lipinski definition) is 8.